The summed E-state index contributed by atoms with van der Waals surface area (Å²) in [6, 6.07) is 0. The predicted octanol–water partition coefficient (Wildman–Crippen LogP) is -0.184. The van der Waals surface area contributed by atoms with E-state index in [1.54, 1.807) is 14.1 Å². The van der Waals surface area contributed by atoms with E-state index in [1.165, 1.54) is 4.90 Å². The molecule has 2 N–H and O–H groups in total. The summed E-state index contributed by atoms with van der Waals surface area (Å²) in [6.45, 7) is 5.86. The van der Waals surface area contributed by atoms with E-state index in [0.29, 0.717) is 12.8 Å². The number of hydrogen-bond acceptors (Lipinski definition) is 4. The van der Waals surface area contributed by atoms with Crippen molar-refractivity contribution in [3.8, 4) is 0 Å². The molecule has 0 aliphatic carbocycles. The van der Waals surface area contributed by atoms with Crippen molar-refractivity contribution in [3.63, 3.8) is 0 Å². The zero-order valence-electron chi connectivity index (χ0n) is 12.1. The summed E-state index contributed by atoms with van der Waals surface area (Å²) in [5, 5.41) is 0. The SMILES string of the molecule is CC.CCCC(=O)NNC(=O)C1OC1C(=O)N(C)C. The number of ether oxygens (including phenoxy) is 1. The van der Waals surface area contributed by atoms with Crippen molar-refractivity contribution >= 4 is 17.7 Å². The molecule has 3 amide bonds. The molecule has 2 atom stereocenters. The van der Waals surface area contributed by atoms with Crippen molar-refractivity contribution in [3.05, 3.63) is 0 Å². The average molecular weight is 273 g/mol. The zero-order chi connectivity index (χ0) is 15.0. The lowest BCUT2D eigenvalue weighted by atomic mass is 10.3. The second kappa shape index (κ2) is 8.47. The maximum absolute atomic E-state index is 11.4. The number of rotatable bonds is 4. The van der Waals surface area contributed by atoms with E-state index in [1.807, 2.05) is 20.8 Å². The minimum atomic E-state index is -0.799. The number of epoxide rings is 1. The molecule has 110 valence electrons. The van der Waals surface area contributed by atoms with Crippen LogP contribution in [0.15, 0.2) is 0 Å². The minimum Gasteiger partial charge on any atom is -0.349 e. The molecule has 0 bridgehead atoms. The van der Waals surface area contributed by atoms with Crippen LogP contribution < -0.4 is 10.9 Å². The maximum Gasteiger partial charge on any atom is 0.270 e. The summed E-state index contributed by atoms with van der Waals surface area (Å²) < 4.78 is 4.94. The Morgan fingerprint density at radius 3 is 2.16 bits per heavy atom. The molecule has 1 rings (SSSR count). The first-order valence-electron chi connectivity index (χ1n) is 6.42. The molecule has 1 aliphatic heterocycles. The highest BCUT2D eigenvalue weighted by Gasteiger charge is 2.51. The average Bonchev–Trinajstić information content (AvgIpc) is 3.18. The number of amides is 3. The van der Waals surface area contributed by atoms with Crippen LogP contribution in [0.25, 0.3) is 0 Å². The van der Waals surface area contributed by atoms with E-state index in [9.17, 15) is 14.4 Å². The summed E-state index contributed by atoms with van der Waals surface area (Å²) in [6.07, 6.45) is -0.491. The van der Waals surface area contributed by atoms with Gasteiger partial charge >= 0.3 is 0 Å². The number of hydrazine groups is 1. The van der Waals surface area contributed by atoms with Gasteiger partial charge < -0.3 is 9.64 Å². The van der Waals surface area contributed by atoms with Crippen LogP contribution in [0, 0.1) is 0 Å². The van der Waals surface area contributed by atoms with Gasteiger partial charge in [-0.2, -0.15) is 0 Å². The van der Waals surface area contributed by atoms with Crippen LogP contribution >= 0.6 is 0 Å². The van der Waals surface area contributed by atoms with Gasteiger partial charge in [-0.05, 0) is 6.42 Å². The Kier molecular flexibility index (Phi) is 7.74. The Balaban J connectivity index is 0.00000154. The molecule has 0 aromatic carbocycles. The molecule has 2 unspecified atom stereocenters. The minimum absolute atomic E-state index is 0.259. The molecule has 0 aromatic rings. The van der Waals surface area contributed by atoms with Gasteiger partial charge in [0.2, 0.25) is 5.91 Å². The van der Waals surface area contributed by atoms with Crippen molar-refractivity contribution in [2.24, 2.45) is 0 Å². The van der Waals surface area contributed by atoms with Gasteiger partial charge in [0.15, 0.2) is 12.2 Å². The second-order valence-electron chi connectivity index (χ2n) is 4.00. The molecular weight excluding hydrogens is 250 g/mol. The quantitative estimate of drug-likeness (QED) is 0.549. The van der Waals surface area contributed by atoms with E-state index in [2.05, 4.69) is 10.9 Å². The molecule has 19 heavy (non-hydrogen) atoms. The molecule has 1 fully saturated rings. The monoisotopic (exact) mass is 273 g/mol. The van der Waals surface area contributed by atoms with Crippen LogP contribution in [0.1, 0.15) is 33.6 Å². The summed E-state index contributed by atoms with van der Waals surface area (Å²) in [4.78, 5) is 35.3. The van der Waals surface area contributed by atoms with Crippen LogP contribution in [0.3, 0.4) is 0 Å². The van der Waals surface area contributed by atoms with Gasteiger partial charge in [-0.15, -0.1) is 0 Å². The molecule has 1 heterocycles. The molecular formula is C12H23N3O4. The topological polar surface area (TPSA) is 91.0 Å². The van der Waals surface area contributed by atoms with Crippen molar-refractivity contribution in [2.45, 2.75) is 45.8 Å². The van der Waals surface area contributed by atoms with Gasteiger partial charge in [0.1, 0.15) is 0 Å². The fourth-order valence-corrected chi connectivity index (χ4v) is 1.25. The fourth-order valence-electron chi connectivity index (χ4n) is 1.25. The van der Waals surface area contributed by atoms with E-state index < -0.39 is 18.1 Å². The van der Waals surface area contributed by atoms with Crippen molar-refractivity contribution < 1.29 is 19.1 Å². The third-order valence-corrected chi connectivity index (χ3v) is 2.24. The fraction of sp³-hybridized carbons (Fsp3) is 0.750. The van der Waals surface area contributed by atoms with E-state index >= 15 is 0 Å². The van der Waals surface area contributed by atoms with Crippen LogP contribution in [0.4, 0.5) is 0 Å². The van der Waals surface area contributed by atoms with Gasteiger partial charge in [-0.3, -0.25) is 25.2 Å². The van der Waals surface area contributed by atoms with Crippen molar-refractivity contribution in [1.29, 1.82) is 0 Å². The smallest absolute Gasteiger partial charge is 0.270 e. The Labute approximate surface area is 113 Å². The van der Waals surface area contributed by atoms with E-state index in [0.717, 1.165) is 0 Å². The van der Waals surface area contributed by atoms with Crippen LogP contribution in [-0.2, 0) is 19.1 Å². The highest BCUT2D eigenvalue weighted by Crippen LogP contribution is 2.23. The first kappa shape index (κ1) is 17.4. The molecule has 7 nitrogen and oxygen atoms in total. The molecule has 0 aromatic heterocycles. The summed E-state index contributed by atoms with van der Waals surface area (Å²) in [7, 11) is 3.17. The summed E-state index contributed by atoms with van der Waals surface area (Å²) in [5.74, 6) is -1.03. The number of carbonyl (C=O) groups excluding carboxylic acids is 3. The number of likely N-dealkylation sites (N-methyl/N-ethyl adjacent to an activating group) is 1. The lowest BCUT2D eigenvalue weighted by Crippen LogP contribution is -2.44. The first-order valence-corrected chi connectivity index (χ1v) is 6.42. The largest absolute Gasteiger partial charge is 0.349 e. The number of nitrogens with one attached hydrogen (secondary N) is 2. The number of hydrogen-bond donors (Lipinski definition) is 2. The number of carbonyl (C=O) groups is 3. The zero-order valence-corrected chi connectivity index (χ0v) is 12.1. The Bertz CT molecular complexity index is 331. The van der Waals surface area contributed by atoms with Crippen LogP contribution in [0.5, 0.6) is 0 Å². The second-order valence-corrected chi connectivity index (χ2v) is 4.00. The molecule has 1 aliphatic rings. The standard InChI is InChI=1S/C10H17N3O4.C2H6/c1-4-5-6(14)11-12-9(15)7-8(17-7)10(16)13(2)3;1-2/h7-8H,4-5H2,1-3H3,(H,11,14)(H,12,15);1-2H3. The number of nitrogens with zero attached hydrogens (tertiary/aromatic N) is 1. The highest BCUT2D eigenvalue weighted by atomic mass is 16.6. The lowest BCUT2D eigenvalue weighted by molar-refractivity contribution is -0.130. The van der Waals surface area contributed by atoms with Gasteiger partial charge in [0.25, 0.3) is 11.8 Å². The maximum atomic E-state index is 11.4. The third-order valence-electron chi connectivity index (χ3n) is 2.24. The predicted molar refractivity (Wildman–Crippen MR) is 69.9 cm³/mol. The first-order chi connectivity index (χ1) is 8.97. The van der Waals surface area contributed by atoms with Crippen molar-refractivity contribution in [1.82, 2.24) is 15.8 Å². The Hall–Kier alpha value is -1.63. The molecule has 0 radical (unpaired) electrons. The molecule has 1 saturated heterocycles. The summed E-state index contributed by atoms with van der Waals surface area (Å²) in [5.41, 5.74) is 4.47. The van der Waals surface area contributed by atoms with Gasteiger partial charge in [-0.25, -0.2) is 0 Å². The van der Waals surface area contributed by atoms with Gasteiger partial charge in [-0.1, -0.05) is 20.8 Å². The van der Waals surface area contributed by atoms with E-state index in [-0.39, 0.29) is 11.8 Å². The lowest BCUT2D eigenvalue weighted by Gasteiger charge is -2.07. The Morgan fingerprint density at radius 1 is 1.11 bits per heavy atom. The molecule has 7 heteroatoms. The highest BCUT2D eigenvalue weighted by molar-refractivity contribution is 5.95. The van der Waals surface area contributed by atoms with Crippen molar-refractivity contribution in [2.75, 3.05) is 14.1 Å². The summed E-state index contributed by atoms with van der Waals surface area (Å²) >= 11 is 0. The Morgan fingerprint density at radius 2 is 1.68 bits per heavy atom. The van der Waals surface area contributed by atoms with Gasteiger partial charge in [0, 0.05) is 20.5 Å². The molecule has 0 spiro atoms. The van der Waals surface area contributed by atoms with E-state index in [4.69, 9.17) is 4.74 Å². The van der Waals surface area contributed by atoms with Crippen LogP contribution in [0.2, 0.25) is 0 Å². The van der Waals surface area contributed by atoms with Gasteiger partial charge in [0.05, 0.1) is 0 Å². The normalized spacial score (nSPS) is 19.6. The molecule has 0 saturated carbocycles. The van der Waals surface area contributed by atoms with Crippen LogP contribution in [-0.4, -0.2) is 48.9 Å². The third kappa shape index (κ3) is 5.69.